The van der Waals surface area contributed by atoms with Crippen molar-refractivity contribution < 1.29 is 4.74 Å². The molecule has 0 saturated carbocycles. The van der Waals surface area contributed by atoms with E-state index in [0.29, 0.717) is 17.8 Å². The SMILES string of the molecule is CCCNc1nc(NCCCCOC)nc(N(C)C)n1. The number of methoxy groups -OCH3 is 1. The van der Waals surface area contributed by atoms with Gasteiger partial charge in [-0.1, -0.05) is 6.92 Å². The smallest absolute Gasteiger partial charge is 0.231 e. The third kappa shape index (κ3) is 6.01. The zero-order valence-electron chi connectivity index (χ0n) is 12.9. The Balaban J connectivity index is 2.60. The van der Waals surface area contributed by atoms with E-state index in [9.17, 15) is 0 Å². The number of aromatic nitrogens is 3. The number of unbranched alkanes of at least 4 members (excludes halogenated alkanes) is 1. The average Bonchev–Trinajstić information content (AvgIpc) is 2.44. The van der Waals surface area contributed by atoms with E-state index in [4.69, 9.17) is 4.74 Å². The number of ether oxygens (including phenoxy) is 1. The fraction of sp³-hybridized carbons (Fsp3) is 0.769. The first-order valence-electron chi connectivity index (χ1n) is 7.07. The second-order valence-corrected chi connectivity index (χ2v) is 4.73. The number of hydrogen-bond donors (Lipinski definition) is 2. The van der Waals surface area contributed by atoms with Crippen molar-refractivity contribution >= 4 is 17.8 Å². The highest BCUT2D eigenvalue weighted by Crippen LogP contribution is 2.11. The number of hydrogen-bond acceptors (Lipinski definition) is 7. The van der Waals surface area contributed by atoms with Crippen LogP contribution in [0.25, 0.3) is 0 Å². The summed E-state index contributed by atoms with van der Waals surface area (Å²) in [6.07, 6.45) is 3.08. The lowest BCUT2D eigenvalue weighted by atomic mass is 10.3. The molecule has 0 saturated heterocycles. The van der Waals surface area contributed by atoms with Crippen molar-refractivity contribution in [3.63, 3.8) is 0 Å². The molecule has 114 valence electrons. The van der Waals surface area contributed by atoms with Crippen molar-refractivity contribution in [2.24, 2.45) is 0 Å². The largest absolute Gasteiger partial charge is 0.385 e. The summed E-state index contributed by atoms with van der Waals surface area (Å²) in [6, 6.07) is 0. The monoisotopic (exact) mass is 282 g/mol. The molecule has 0 aromatic carbocycles. The third-order valence-corrected chi connectivity index (χ3v) is 2.62. The summed E-state index contributed by atoms with van der Waals surface area (Å²) in [5, 5.41) is 6.42. The standard InChI is InChI=1S/C13H26N6O/c1-5-8-14-11-16-12(15-9-6-7-10-20-4)18-13(17-11)19(2)3/h5-10H2,1-4H3,(H2,14,15,16,17,18). The van der Waals surface area contributed by atoms with E-state index in [1.807, 2.05) is 19.0 Å². The number of nitrogens with zero attached hydrogens (tertiary/aromatic N) is 4. The van der Waals surface area contributed by atoms with Gasteiger partial charge < -0.3 is 20.3 Å². The normalized spacial score (nSPS) is 10.4. The highest BCUT2D eigenvalue weighted by molar-refractivity contribution is 5.42. The predicted octanol–water partition coefficient (Wildman–Crippen LogP) is 1.60. The summed E-state index contributed by atoms with van der Waals surface area (Å²) in [7, 11) is 5.55. The molecule has 1 aromatic heterocycles. The molecular formula is C13H26N6O. The van der Waals surface area contributed by atoms with Crippen molar-refractivity contribution in [2.75, 3.05) is 56.4 Å². The summed E-state index contributed by atoms with van der Waals surface area (Å²) in [6.45, 7) is 4.57. The molecule has 0 fully saturated rings. The molecule has 2 N–H and O–H groups in total. The third-order valence-electron chi connectivity index (χ3n) is 2.62. The quantitative estimate of drug-likeness (QED) is 0.631. The minimum absolute atomic E-state index is 0.611. The van der Waals surface area contributed by atoms with Gasteiger partial charge in [0.2, 0.25) is 17.8 Å². The number of nitrogens with one attached hydrogen (secondary N) is 2. The molecule has 7 nitrogen and oxygen atoms in total. The molecule has 7 heteroatoms. The van der Waals surface area contributed by atoms with Gasteiger partial charge in [-0.05, 0) is 19.3 Å². The minimum atomic E-state index is 0.611. The molecule has 0 bridgehead atoms. The van der Waals surface area contributed by atoms with Crippen LogP contribution in [0.4, 0.5) is 17.8 Å². The van der Waals surface area contributed by atoms with Gasteiger partial charge in [0.1, 0.15) is 0 Å². The number of rotatable bonds is 10. The molecule has 0 amide bonds. The molecule has 0 atom stereocenters. The van der Waals surface area contributed by atoms with Crippen molar-refractivity contribution in [1.29, 1.82) is 0 Å². The van der Waals surface area contributed by atoms with Gasteiger partial charge in [-0.15, -0.1) is 0 Å². The van der Waals surface area contributed by atoms with Crippen molar-refractivity contribution in [1.82, 2.24) is 15.0 Å². The van der Waals surface area contributed by atoms with E-state index >= 15 is 0 Å². The van der Waals surface area contributed by atoms with Crippen LogP contribution in [-0.4, -0.2) is 55.9 Å². The van der Waals surface area contributed by atoms with Crippen LogP contribution in [0.5, 0.6) is 0 Å². The Hall–Kier alpha value is -1.63. The van der Waals surface area contributed by atoms with Crippen molar-refractivity contribution in [2.45, 2.75) is 26.2 Å². The van der Waals surface area contributed by atoms with Gasteiger partial charge in [0, 0.05) is 40.9 Å². The van der Waals surface area contributed by atoms with Crippen LogP contribution >= 0.6 is 0 Å². The first kappa shape index (κ1) is 16.4. The Bertz CT molecular complexity index is 385. The second kappa shape index (κ2) is 9.30. The fourth-order valence-corrected chi connectivity index (χ4v) is 1.53. The molecule has 0 unspecified atom stereocenters. The summed E-state index contributed by atoms with van der Waals surface area (Å²) < 4.78 is 5.02. The minimum Gasteiger partial charge on any atom is -0.385 e. The van der Waals surface area contributed by atoms with Gasteiger partial charge >= 0.3 is 0 Å². The summed E-state index contributed by atoms with van der Waals surface area (Å²) in [5.74, 6) is 1.88. The predicted molar refractivity (Wildman–Crippen MR) is 82.5 cm³/mol. The van der Waals surface area contributed by atoms with E-state index in [0.717, 1.165) is 39.0 Å². The van der Waals surface area contributed by atoms with Gasteiger partial charge in [0.25, 0.3) is 0 Å². The lowest BCUT2D eigenvalue weighted by Gasteiger charge is -2.14. The highest BCUT2D eigenvalue weighted by Gasteiger charge is 2.07. The maximum Gasteiger partial charge on any atom is 0.231 e. The van der Waals surface area contributed by atoms with E-state index in [-0.39, 0.29) is 0 Å². The van der Waals surface area contributed by atoms with Crippen molar-refractivity contribution in [3.05, 3.63) is 0 Å². The maximum absolute atomic E-state index is 5.02. The molecule has 0 spiro atoms. The Morgan fingerprint density at radius 2 is 1.65 bits per heavy atom. The lowest BCUT2D eigenvalue weighted by molar-refractivity contribution is 0.193. The molecule has 0 aliphatic rings. The molecule has 1 rings (SSSR count). The average molecular weight is 282 g/mol. The summed E-state index contributed by atoms with van der Waals surface area (Å²) in [5.41, 5.74) is 0. The molecule has 20 heavy (non-hydrogen) atoms. The highest BCUT2D eigenvalue weighted by atomic mass is 16.5. The van der Waals surface area contributed by atoms with Gasteiger partial charge in [-0.3, -0.25) is 0 Å². The maximum atomic E-state index is 5.02. The molecule has 0 radical (unpaired) electrons. The van der Waals surface area contributed by atoms with Crippen LogP contribution in [0.1, 0.15) is 26.2 Å². The van der Waals surface area contributed by atoms with Crippen LogP contribution in [0.2, 0.25) is 0 Å². The Kier molecular flexibility index (Phi) is 7.64. The zero-order valence-corrected chi connectivity index (χ0v) is 12.9. The van der Waals surface area contributed by atoms with E-state index < -0.39 is 0 Å². The van der Waals surface area contributed by atoms with Gasteiger partial charge in [-0.2, -0.15) is 15.0 Å². The summed E-state index contributed by atoms with van der Waals surface area (Å²) >= 11 is 0. The Morgan fingerprint density at radius 3 is 2.20 bits per heavy atom. The Morgan fingerprint density at radius 1 is 1.00 bits per heavy atom. The van der Waals surface area contributed by atoms with Crippen LogP contribution in [0, 0.1) is 0 Å². The van der Waals surface area contributed by atoms with Gasteiger partial charge in [0.15, 0.2) is 0 Å². The molecule has 0 aliphatic carbocycles. The van der Waals surface area contributed by atoms with Gasteiger partial charge in [-0.25, -0.2) is 0 Å². The van der Waals surface area contributed by atoms with Gasteiger partial charge in [0.05, 0.1) is 0 Å². The first-order chi connectivity index (χ1) is 9.67. The zero-order chi connectivity index (χ0) is 14.8. The first-order valence-corrected chi connectivity index (χ1v) is 7.07. The topological polar surface area (TPSA) is 75.2 Å². The second-order valence-electron chi connectivity index (χ2n) is 4.73. The summed E-state index contributed by atoms with van der Waals surface area (Å²) in [4.78, 5) is 15.0. The van der Waals surface area contributed by atoms with E-state index in [2.05, 4.69) is 32.5 Å². The van der Waals surface area contributed by atoms with Crippen LogP contribution in [-0.2, 0) is 4.74 Å². The lowest BCUT2D eigenvalue weighted by Crippen LogP contribution is -2.17. The van der Waals surface area contributed by atoms with E-state index in [1.165, 1.54) is 0 Å². The molecule has 1 heterocycles. The Labute approximate surface area is 121 Å². The van der Waals surface area contributed by atoms with Crippen LogP contribution < -0.4 is 15.5 Å². The van der Waals surface area contributed by atoms with Crippen LogP contribution in [0.3, 0.4) is 0 Å². The molecular weight excluding hydrogens is 256 g/mol. The van der Waals surface area contributed by atoms with Crippen molar-refractivity contribution in [3.8, 4) is 0 Å². The van der Waals surface area contributed by atoms with Crippen LogP contribution in [0.15, 0.2) is 0 Å². The molecule has 1 aromatic rings. The molecule has 0 aliphatic heterocycles. The fourth-order valence-electron chi connectivity index (χ4n) is 1.53. The number of anilines is 3. The van der Waals surface area contributed by atoms with E-state index in [1.54, 1.807) is 7.11 Å².